The average molecular weight is 499 g/mol. The van der Waals surface area contributed by atoms with Crippen molar-refractivity contribution in [2.45, 2.75) is 0 Å². The molecule has 39 heavy (non-hydrogen) atoms. The summed E-state index contributed by atoms with van der Waals surface area (Å²) in [5.74, 6) is 0. The highest BCUT2D eigenvalue weighted by atomic mass is 16.1. The summed E-state index contributed by atoms with van der Waals surface area (Å²) in [6.45, 7) is 0. The van der Waals surface area contributed by atoms with Crippen molar-refractivity contribution in [3.8, 4) is 16.9 Å². The molecule has 2 aromatic heterocycles. The molecule has 0 spiro atoms. The van der Waals surface area contributed by atoms with Crippen molar-refractivity contribution >= 4 is 54.1 Å². The lowest BCUT2D eigenvalue weighted by atomic mass is 9.93. The third kappa shape index (κ3) is 3.23. The number of benzene rings is 6. The zero-order chi connectivity index (χ0) is 25.9. The lowest BCUT2D eigenvalue weighted by Gasteiger charge is -2.15. The monoisotopic (exact) mass is 498 g/mol. The summed E-state index contributed by atoms with van der Waals surface area (Å²) in [6, 6.07) is 45.5. The molecule has 6 aromatic carbocycles. The molecule has 0 saturated carbocycles. The van der Waals surface area contributed by atoms with Crippen molar-refractivity contribution in [2.75, 3.05) is 0 Å². The topological polar surface area (TPSA) is 34.9 Å². The molecule has 0 aliphatic rings. The van der Waals surface area contributed by atoms with Gasteiger partial charge in [0.2, 0.25) is 0 Å². The van der Waals surface area contributed by atoms with E-state index in [-0.39, 0.29) is 5.56 Å². The highest BCUT2D eigenvalue weighted by molar-refractivity contribution is 6.25. The summed E-state index contributed by atoms with van der Waals surface area (Å²) in [5.41, 5.74) is 4.33. The minimum atomic E-state index is -0.0390. The molecule has 0 bridgehead atoms. The third-order valence-corrected chi connectivity index (χ3v) is 7.78. The van der Waals surface area contributed by atoms with Crippen LogP contribution in [0.4, 0.5) is 0 Å². The molecule has 0 N–H and O–H groups in total. The number of hydrogen-bond donors (Lipinski definition) is 0. The fraction of sp³-hybridized carbons (Fsp3) is 0. The Morgan fingerprint density at radius 2 is 1.00 bits per heavy atom. The first kappa shape index (κ1) is 21.8. The van der Waals surface area contributed by atoms with Gasteiger partial charge in [-0.1, -0.05) is 97.1 Å². The van der Waals surface area contributed by atoms with Crippen molar-refractivity contribution in [3.63, 3.8) is 0 Å². The summed E-state index contributed by atoms with van der Waals surface area (Å²) in [7, 11) is 0. The van der Waals surface area contributed by atoms with Gasteiger partial charge < -0.3 is 0 Å². The van der Waals surface area contributed by atoms with Gasteiger partial charge in [-0.2, -0.15) is 0 Å². The van der Waals surface area contributed by atoms with Crippen LogP contribution in [0.1, 0.15) is 0 Å². The van der Waals surface area contributed by atoms with E-state index in [1.54, 1.807) is 4.57 Å². The summed E-state index contributed by atoms with van der Waals surface area (Å²) >= 11 is 0. The number of rotatable bonds is 2. The highest BCUT2D eigenvalue weighted by Crippen LogP contribution is 2.37. The number of fused-ring (bicyclic) bond motifs is 9. The average Bonchev–Trinajstić information content (AvgIpc) is 3.01. The predicted molar refractivity (Wildman–Crippen MR) is 163 cm³/mol. The van der Waals surface area contributed by atoms with Gasteiger partial charge in [-0.25, -0.2) is 4.98 Å². The maximum atomic E-state index is 13.6. The van der Waals surface area contributed by atoms with Crippen LogP contribution in [0.3, 0.4) is 0 Å². The van der Waals surface area contributed by atoms with Crippen LogP contribution in [0.25, 0.3) is 71.1 Å². The molecule has 8 rings (SSSR count). The molecule has 0 fully saturated rings. The smallest absolute Gasteiger partial charge is 0.263 e. The third-order valence-electron chi connectivity index (χ3n) is 7.78. The predicted octanol–water partition coefficient (Wildman–Crippen LogP) is 8.67. The Balaban J connectivity index is 1.43. The number of para-hydroxylation sites is 1. The standard InChI is InChI=1S/C36H22N2O/c39-36-31-17-9-8-16-30(31)35-34(38(36)24-10-2-1-3-11-24)21-20-33(37-35)23-18-19-29-27-14-5-4-12-25(27)26-13-6-7-15-28(26)32(29)22-23/h1-22H. The lowest BCUT2D eigenvalue weighted by Crippen LogP contribution is -2.19. The molecule has 0 radical (unpaired) electrons. The van der Waals surface area contributed by atoms with Crippen molar-refractivity contribution in [2.24, 2.45) is 0 Å². The Bertz CT molecular complexity index is 2260. The van der Waals surface area contributed by atoms with Gasteiger partial charge in [-0.3, -0.25) is 9.36 Å². The van der Waals surface area contributed by atoms with E-state index in [1.807, 2.05) is 66.7 Å². The van der Waals surface area contributed by atoms with Crippen LogP contribution in [0.15, 0.2) is 138 Å². The van der Waals surface area contributed by atoms with Gasteiger partial charge in [-0.15, -0.1) is 0 Å². The second-order valence-corrected chi connectivity index (χ2v) is 9.94. The molecule has 2 heterocycles. The van der Waals surface area contributed by atoms with E-state index in [4.69, 9.17) is 4.98 Å². The van der Waals surface area contributed by atoms with Crippen LogP contribution >= 0.6 is 0 Å². The molecule has 0 atom stereocenters. The van der Waals surface area contributed by atoms with Crippen molar-refractivity contribution in [1.29, 1.82) is 0 Å². The SMILES string of the molecule is O=c1c2ccccc2c2nc(-c3ccc4c5ccccc5c5ccccc5c4c3)ccc2n1-c1ccccc1. The minimum absolute atomic E-state index is 0.0390. The molecular weight excluding hydrogens is 476 g/mol. The van der Waals surface area contributed by atoms with Gasteiger partial charge in [0.05, 0.1) is 16.7 Å². The van der Waals surface area contributed by atoms with Gasteiger partial charge in [0, 0.05) is 22.0 Å². The fourth-order valence-electron chi connectivity index (χ4n) is 6.00. The Morgan fingerprint density at radius 1 is 0.462 bits per heavy atom. The van der Waals surface area contributed by atoms with E-state index in [0.29, 0.717) is 5.39 Å². The lowest BCUT2D eigenvalue weighted by molar-refractivity contribution is 1.06. The largest absolute Gasteiger partial charge is 0.275 e. The zero-order valence-corrected chi connectivity index (χ0v) is 21.0. The van der Waals surface area contributed by atoms with E-state index in [0.717, 1.165) is 33.4 Å². The van der Waals surface area contributed by atoms with Gasteiger partial charge >= 0.3 is 0 Å². The Labute approximate surface area is 224 Å². The molecule has 8 aromatic rings. The Morgan fingerprint density at radius 3 is 1.67 bits per heavy atom. The van der Waals surface area contributed by atoms with Crippen LogP contribution in [-0.4, -0.2) is 9.55 Å². The first-order valence-corrected chi connectivity index (χ1v) is 13.1. The van der Waals surface area contributed by atoms with E-state index >= 15 is 0 Å². The second kappa shape index (κ2) is 8.37. The molecule has 182 valence electrons. The molecule has 3 heteroatoms. The highest BCUT2D eigenvalue weighted by Gasteiger charge is 2.15. The molecular formula is C36H22N2O. The van der Waals surface area contributed by atoms with Gasteiger partial charge in [0.15, 0.2) is 0 Å². The van der Waals surface area contributed by atoms with E-state index < -0.39 is 0 Å². The first-order chi connectivity index (χ1) is 19.3. The van der Waals surface area contributed by atoms with Gasteiger partial charge in [0.1, 0.15) is 0 Å². The van der Waals surface area contributed by atoms with Crippen LogP contribution in [-0.2, 0) is 0 Å². The van der Waals surface area contributed by atoms with Crippen LogP contribution < -0.4 is 5.56 Å². The first-order valence-electron chi connectivity index (χ1n) is 13.1. The normalized spacial score (nSPS) is 11.7. The van der Waals surface area contributed by atoms with Crippen LogP contribution in [0.5, 0.6) is 0 Å². The summed E-state index contributed by atoms with van der Waals surface area (Å²) in [4.78, 5) is 18.8. The zero-order valence-electron chi connectivity index (χ0n) is 21.0. The molecule has 0 unspecified atom stereocenters. The number of hydrogen-bond acceptors (Lipinski definition) is 2. The van der Waals surface area contributed by atoms with E-state index in [1.165, 1.54) is 32.3 Å². The van der Waals surface area contributed by atoms with Crippen molar-refractivity contribution in [1.82, 2.24) is 9.55 Å². The van der Waals surface area contributed by atoms with E-state index in [2.05, 4.69) is 66.7 Å². The quantitative estimate of drug-likeness (QED) is 0.224. The number of nitrogens with zero attached hydrogens (tertiary/aromatic N) is 2. The summed E-state index contributed by atoms with van der Waals surface area (Å²) in [6.07, 6.45) is 0. The van der Waals surface area contributed by atoms with Gasteiger partial charge in [-0.05, 0) is 68.7 Å². The summed E-state index contributed by atoms with van der Waals surface area (Å²) < 4.78 is 1.77. The molecule has 0 aliphatic heterocycles. The van der Waals surface area contributed by atoms with E-state index in [9.17, 15) is 4.79 Å². The molecule has 0 aliphatic carbocycles. The van der Waals surface area contributed by atoms with Crippen LogP contribution in [0.2, 0.25) is 0 Å². The molecule has 3 nitrogen and oxygen atoms in total. The fourth-order valence-corrected chi connectivity index (χ4v) is 6.00. The Kier molecular flexibility index (Phi) is 4.67. The maximum absolute atomic E-state index is 13.6. The maximum Gasteiger partial charge on any atom is 0.263 e. The number of pyridine rings is 2. The van der Waals surface area contributed by atoms with Gasteiger partial charge in [0.25, 0.3) is 5.56 Å². The Hall–Kier alpha value is -5.28. The van der Waals surface area contributed by atoms with Crippen molar-refractivity contribution in [3.05, 3.63) is 144 Å². The molecule has 0 amide bonds. The number of aromatic nitrogens is 2. The second-order valence-electron chi connectivity index (χ2n) is 9.94. The van der Waals surface area contributed by atoms with Crippen molar-refractivity contribution < 1.29 is 0 Å². The summed E-state index contributed by atoms with van der Waals surface area (Å²) in [5, 5.41) is 8.97. The van der Waals surface area contributed by atoms with Crippen LogP contribution in [0, 0.1) is 0 Å². The minimum Gasteiger partial charge on any atom is -0.275 e. The molecule has 0 saturated heterocycles.